The first-order chi connectivity index (χ1) is 24.4. The maximum absolute atomic E-state index is 13.1. The molecule has 0 N–H and O–H groups in total. The second kappa shape index (κ2) is 20.0. The first-order valence-corrected chi connectivity index (χ1v) is 20.9. The zero-order valence-electron chi connectivity index (χ0n) is 35.8. The van der Waals surface area contributed by atoms with E-state index in [1.165, 1.54) is 92.9 Å². The summed E-state index contributed by atoms with van der Waals surface area (Å²) < 4.78 is 12.9. The minimum atomic E-state index is -0.341. The summed E-state index contributed by atoms with van der Waals surface area (Å²) >= 11 is 0. The minimum Gasteiger partial charge on any atom is -0.487 e. The van der Waals surface area contributed by atoms with Crippen LogP contribution in [0.4, 0.5) is 0 Å². The number of esters is 1. The van der Waals surface area contributed by atoms with Crippen LogP contribution in [0.1, 0.15) is 175 Å². The Hall–Kier alpha value is -2.81. The minimum absolute atomic E-state index is 0.156. The summed E-state index contributed by atoms with van der Waals surface area (Å²) in [5.41, 5.74) is 9.38. The molecule has 1 aliphatic carbocycles. The molecule has 0 radical (unpaired) electrons. The summed E-state index contributed by atoms with van der Waals surface area (Å²) in [4.78, 5) is 13.1. The highest BCUT2D eigenvalue weighted by molar-refractivity contribution is 5.86. The smallest absolute Gasteiger partial charge is 0.336 e. The Morgan fingerprint density at radius 3 is 2.06 bits per heavy atom. The van der Waals surface area contributed by atoms with Crippen LogP contribution in [0.3, 0.4) is 0 Å². The number of fused-ring (bicyclic) bond motifs is 1. The van der Waals surface area contributed by atoms with Gasteiger partial charge in [-0.3, -0.25) is 0 Å². The van der Waals surface area contributed by atoms with E-state index in [0.29, 0.717) is 5.75 Å². The molecule has 290 valence electrons. The fourth-order valence-corrected chi connectivity index (χ4v) is 8.41. The summed E-state index contributed by atoms with van der Waals surface area (Å²) in [6.45, 7) is 29.1. The van der Waals surface area contributed by atoms with Gasteiger partial charge < -0.3 is 9.47 Å². The van der Waals surface area contributed by atoms with Crippen LogP contribution in [0.15, 0.2) is 58.7 Å². The van der Waals surface area contributed by atoms with E-state index < -0.39 is 0 Å². The van der Waals surface area contributed by atoms with Gasteiger partial charge in [0, 0.05) is 11.6 Å². The third kappa shape index (κ3) is 13.2. The molecular weight excluding hydrogens is 637 g/mol. The monoisotopic (exact) mass is 713 g/mol. The number of carbonyl (C=O) groups excluding carboxylic acids is 1. The Kier molecular flexibility index (Phi) is 16.8. The van der Waals surface area contributed by atoms with Crippen molar-refractivity contribution >= 4 is 5.97 Å². The van der Waals surface area contributed by atoms with Gasteiger partial charge in [-0.1, -0.05) is 128 Å². The lowest BCUT2D eigenvalue weighted by Crippen LogP contribution is -2.37. The van der Waals surface area contributed by atoms with Crippen molar-refractivity contribution in [3.05, 3.63) is 81.0 Å². The Morgan fingerprint density at radius 1 is 0.788 bits per heavy atom. The maximum Gasteiger partial charge on any atom is 0.336 e. The molecular formula is C49H76O3. The summed E-state index contributed by atoms with van der Waals surface area (Å²) in [6, 6.07) is 0. The number of carbonyl (C=O) groups is 1. The van der Waals surface area contributed by atoms with Gasteiger partial charge in [0.05, 0.1) is 0 Å². The second-order valence-corrected chi connectivity index (χ2v) is 18.3. The second-order valence-electron chi connectivity index (χ2n) is 18.3. The molecule has 1 heterocycles. The van der Waals surface area contributed by atoms with Crippen LogP contribution in [0, 0.1) is 43.9 Å². The molecule has 1 aromatic carbocycles. The molecule has 1 aliphatic heterocycles. The molecule has 3 nitrogen and oxygen atoms in total. The van der Waals surface area contributed by atoms with Gasteiger partial charge in [0.2, 0.25) is 0 Å². The lowest BCUT2D eigenvalue weighted by Gasteiger charge is -2.38. The lowest BCUT2D eigenvalue weighted by atomic mass is 9.72. The molecule has 0 saturated carbocycles. The predicted molar refractivity (Wildman–Crippen MR) is 224 cm³/mol. The van der Waals surface area contributed by atoms with Crippen LogP contribution >= 0.6 is 0 Å². The van der Waals surface area contributed by atoms with E-state index >= 15 is 0 Å². The molecule has 52 heavy (non-hydrogen) atoms. The van der Waals surface area contributed by atoms with Crippen LogP contribution in [-0.2, 0) is 11.2 Å². The van der Waals surface area contributed by atoms with Crippen LogP contribution in [0.5, 0.6) is 11.5 Å². The quantitative estimate of drug-likeness (QED) is 0.0658. The van der Waals surface area contributed by atoms with E-state index in [9.17, 15) is 4.79 Å². The number of hydrogen-bond acceptors (Lipinski definition) is 3. The Labute approximate surface area is 320 Å². The van der Waals surface area contributed by atoms with Crippen LogP contribution in [0.25, 0.3) is 0 Å². The van der Waals surface area contributed by atoms with Gasteiger partial charge >= 0.3 is 5.97 Å². The standard InChI is InChI=1S/C49H76O3/c1-34(2)19-14-20-35(3)21-15-22-36(4)25-17-31-49(13)32-29-43-42(10)46(40(8)41(9)47(43)52-49)51-45(50)33-38(6)24-16-23-37(5)27-28-44-39(7)26-18-30-48(44,11)12/h16,23-24,27-28,33-36H,14-15,17-22,25-26,29-32H2,1-13H3/b24-16+,28-27+,37-23-,38-33-/t35-,36-,49-/m1/s1. The van der Waals surface area contributed by atoms with E-state index in [0.717, 1.165) is 65.0 Å². The van der Waals surface area contributed by atoms with E-state index in [4.69, 9.17) is 9.47 Å². The van der Waals surface area contributed by atoms with Gasteiger partial charge in [-0.2, -0.15) is 0 Å². The molecule has 0 bridgehead atoms. The van der Waals surface area contributed by atoms with Gasteiger partial charge in [0.25, 0.3) is 0 Å². The van der Waals surface area contributed by atoms with E-state index in [2.05, 4.69) is 101 Å². The topological polar surface area (TPSA) is 35.5 Å². The Bertz CT molecular complexity index is 1510. The van der Waals surface area contributed by atoms with Crippen molar-refractivity contribution in [3.8, 4) is 11.5 Å². The first-order valence-electron chi connectivity index (χ1n) is 20.9. The van der Waals surface area contributed by atoms with Crippen LogP contribution in [-0.4, -0.2) is 11.6 Å². The van der Waals surface area contributed by atoms with Crippen molar-refractivity contribution in [2.24, 2.45) is 23.2 Å². The zero-order chi connectivity index (χ0) is 38.6. The number of hydrogen-bond donors (Lipinski definition) is 0. The highest BCUT2D eigenvalue weighted by atomic mass is 16.5. The number of ether oxygens (including phenoxy) is 2. The van der Waals surface area contributed by atoms with E-state index in [1.807, 2.05) is 19.1 Å². The molecule has 0 saturated heterocycles. The average molecular weight is 713 g/mol. The van der Waals surface area contributed by atoms with Crippen molar-refractivity contribution in [1.82, 2.24) is 0 Å². The summed E-state index contributed by atoms with van der Waals surface area (Å²) in [6.07, 6.45) is 29.5. The highest BCUT2D eigenvalue weighted by Gasteiger charge is 2.35. The zero-order valence-corrected chi connectivity index (χ0v) is 35.8. The SMILES string of the molecule is CC1=C(/C=C/C(C)=C\C=C\C(C)=C/C(=O)Oc2c(C)c(C)c3c(c2C)CC[C@@](C)(CCC[C@H](C)CCC[C@H](C)CCCC(C)C)O3)C(C)(C)CCC1. The molecule has 2 aliphatic rings. The van der Waals surface area contributed by atoms with Crippen molar-refractivity contribution in [2.45, 2.75) is 186 Å². The van der Waals surface area contributed by atoms with Gasteiger partial charge in [0.1, 0.15) is 17.1 Å². The van der Waals surface area contributed by atoms with Crippen molar-refractivity contribution in [2.75, 3.05) is 0 Å². The molecule has 1 aromatic rings. The normalized spacial score (nSPS) is 20.8. The van der Waals surface area contributed by atoms with E-state index in [-0.39, 0.29) is 17.0 Å². The summed E-state index contributed by atoms with van der Waals surface area (Å²) in [5, 5.41) is 0. The molecule has 3 heteroatoms. The molecule has 3 rings (SSSR count). The Morgan fingerprint density at radius 2 is 1.42 bits per heavy atom. The number of benzene rings is 1. The fraction of sp³-hybridized carbons (Fsp3) is 0.653. The van der Waals surface area contributed by atoms with Crippen molar-refractivity contribution < 1.29 is 14.3 Å². The molecule has 0 aromatic heterocycles. The van der Waals surface area contributed by atoms with Crippen molar-refractivity contribution in [1.29, 1.82) is 0 Å². The molecule has 0 unspecified atom stereocenters. The number of allylic oxidation sites excluding steroid dienone is 9. The lowest BCUT2D eigenvalue weighted by molar-refractivity contribution is -0.129. The van der Waals surface area contributed by atoms with Crippen molar-refractivity contribution in [3.63, 3.8) is 0 Å². The van der Waals surface area contributed by atoms with Crippen LogP contribution < -0.4 is 9.47 Å². The molecule has 0 fully saturated rings. The fourth-order valence-electron chi connectivity index (χ4n) is 8.41. The maximum atomic E-state index is 13.1. The van der Waals surface area contributed by atoms with Gasteiger partial charge in [-0.05, 0) is 144 Å². The largest absolute Gasteiger partial charge is 0.487 e. The van der Waals surface area contributed by atoms with Gasteiger partial charge in [0.15, 0.2) is 0 Å². The van der Waals surface area contributed by atoms with Crippen LogP contribution in [0.2, 0.25) is 0 Å². The number of rotatable bonds is 18. The predicted octanol–water partition coefficient (Wildman–Crippen LogP) is 14.6. The van der Waals surface area contributed by atoms with Gasteiger partial charge in [-0.25, -0.2) is 4.79 Å². The molecule has 0 spiro atoms. The average Bonchev–Trinajstić information content (AvgIpc) is 3.05. The summed E-state index contributed by atoms with van der Waals surface area (Å²) in [7, 11) is 0. The Balaban J connectivity index is 1.54. The highest BCUT2D eigenvalue weighted by Crippen LogP contribution is 2.45. The third-order valence-corrected chi connectivity index (χ3v) is 12.2. The summed E-state index contributed by atoms with van der Waals surface area (Å²) in [5.74, 6) is 3.80. The van der Waals surface area contributed by atoms with E-state index in [1.54, 1.807) is 6.08 Å². The third-order valence-electron chi connectivity index (χ3n) is 12.2. The first kappa shape index (κ1) is 43.6. The van der Waals surface area contributed by atoms with Gasteiger partial charge in [-0.15, -0.1) is 0 Å². The molecule has 3 atom stereocenters. The molecule has 0 amide bonds.